The zero-order valence-electron chi connectivity index (χ0n) is 26.5. The maximum Gasteiger partial charge on any atom is 0.300 e. The zero-order valence-corrected chi connectivity index (χ0v) is 26.5. The number of nitro groups is 1. The van der Waals surface area contributed by atoms with Gasteiger partial charge in [0.15, 0.2) is 17.0 Å². The Balaban J connectivity index is 1.13. The Hall–Kier alpha value is -4.95. The fraction of sp³-hybridized carbons (Fsp3) is 0.516. The van der Waals surface area contributed by atoms with Crippen LogP contribution in [0.1, 0.15) is 63.9 Å². The molecule has 2 aromatic heterocycles. The first-order valence-electron chi connectivity index (χ1n) is 15.8. The summed E-state index contributed by atoms with van der Waals surface area (Å²) in [5.74, 6) is 3.44. The predicted octanol–water partition coefficient (Wildman–Crippen LogP) is 6.02. The van der Waals surface area contributed by atoms with E-state index in [1.54, 1.807) is 20.3 Å². The molecule has 15 nitrogen and oxygen atoms in total. The summed E-state index contributed by atoms with van der Waals surface area (Å²) in [4.78, 5) is 24.7. The van der Waals surface area contributed by atoms with E-state index in [2.05, 4.69) is 43.5 Å². The summed E-state index contributed by atoms with van der Waals surface area (Å²) in [6.07, 6.45) is 8.61. The van der Waals surface area contributed by atoms with Gasteiger partial charge in [-0.3, -0.25) is 10.1 Å². The van der Waals surface area contributed by atoms with E-state index in [1.807, 2.05) is 18.2 Å². The molecule has 46 heavy (non-hydrogen) atoms. The van der Waals surface area contributed by atoms with Gasteiger partial charge < -0.3 is 30.7 Å². The van der Waals surface area contributed by atoms with E-state index in [-0.39, 0.29) is 11.2 Å². The Morgan fingerprint density at radius 2 is 1.59 bits per heavy atom. The van der Waals surface area contributed by atoms with Crippen LogP contribution in [0, 0.1) is 16.0 Å². The minimum absolute atomic E-state index is 0.126. The first kappa shape index (κ1) is 32.4. The molecule has 5 rings (SSSR count). The molecule has 1 saturated carbocycles. The molecular weight excluding hydrogens is 592 g/mol. The van der Waals surface area contributed by atoms with Gasteiger partial charge in [0.1, 0.15) is 0 Å². The van der Waals surface area contributed by atoms with Crippen molar-refractivity contribution in [2.75, 3.05) is 48.6 Å². The number of methoxy groups -OCH3 is 2. The van der Waals surface area contributed by atoms with Gasteiger partial charge in [0, 0.05) is 37.3 Å². The first-order chi connectivity index (χ1) is 22.5. The summed E-state index contributed by atoms with van der Waals surface area (Å²) in [6.45, 7) is 4.14. The van der Waals surface area contributed by atoms with Crippen LogP contribution in [-0.2, 0) is 6.54 Å². The highest BCUT2D eigenvalue weighted by atomic mass is 16.6. The van der Waals surface area contributed by atoms with E-state index < -0.39 is 4.92 Å². The van der Waals surface area contributed by atoms with Crippen molar-refractivity contribution >= 4 is 40.3 Å². The minimum Gasteiger partial charge on any atom is -0.493 e. The maximum absolute atomic E-state index is 11.2. The molecule has 0 aliphatic heterocycles. The van der Waals surface area contributed by atoms with E-state index in [4.69, 9.17) is 24.1 Å². The summed E-state index contributed by atoms with van der Waals surface area (Å²) in [6, 6.07) is 9.14. The standard InChI is InChI=1S/C31H42N10O5/c1-20-11-6-7-13-22(20)35-31-37-29(36-30(38-31)34-19-21-12-10-14-25(44-2)28(21)45-3)33-18-9-5-4-8-17-32-23-15-16-24(41(42)43)27-26(23)39-46-40-27/h10,12,14-16,20,22,32H,4-9,11,13,17-19H2,1-3H3,(H3,33,34,35,36,37,38). The Labute approximate surface area is 267 Å². The lowest BCUT2D eigenvalue weighted by atomic mass is 9.86. The SMILES string of the molecule is COc1cccc(CNc2nc(NCCCCCCNc3ccc([N+](=O)[O-])c4nonc34)nc(NC3CCCCC3C)n2)c1OC. The fourth-order valence-electron chi connectivity index (χ4n) is 5.73. The molecule has 1 aliphatic carbocycles. The highest BCUT2D eigenvalue weighted by Gasteiger charge is 2.23. The molecule has 2 atom stereocenters. The predicted molar refractivity (Wildman–Crippen MR) is 176 cm³/mol. The van der Waals surface area contributed by atoms with Gasteiger partial charge in [-0.15, -0.1) is 0 Å². The van der Waals surface area contributed by atoms with Crippen molar-refractivity contribution in [3.8, 4) is 11.5 Å². The minimum atomic E-state index is -0.493. The van der Waals surface area contributed by atoms with Crippen molar-refractivity contribution in [2.24, 2.45) is 5.92 Å². The Morgan fingerprint density at radius 1 is 0.870 bits per heavy atom. The fourth-order valence-corrected chi connectivity index (χ4v) is 5.73. The molecule has 1 fully saturated rings. The van der Waals surface area contributed by atoms with Crippen LogP contribution in [0.15, 0.2) is 35.0 Å². The average molecular weight is 635 g/mol. The molecule has 15 heteroatoms. The van der Waals surface area contributed by atoms with Crippen LogP contribution in [0.2, 0.25) is 0 Å². The van der Waals surface area contributed by atoms with Crippen LogP contribution in [0.5, 0.6) is 11.5 Å². The van der Waals surface area contributed by atoms with E-state index in [0.29, 0.717) is 72.1 Å². The Kier molecular flexibility index (Phi) is 11.2. The topological polar surface area (TPSA) is 187 Å². The summed E-state index contributed by atoms with van der Waals surface area (Å²) >= 11 is 0. The zero-order chi connectivity index (χ0) is 32.3. The number of aromatic nitrogens is 5. The van der Waals surface area contributed by atoms with Crippen molar-refractivity contribution in [1.82, 2.24) is 25.3 Å². The largest absolute Gasteiger partial charge is 0.493 e. The molecule has 2 unspecified atom stereocenters. The van der Waals surface area contributed by atoms with Crippen LogP contribution >= 0.6 is 0 Å². The Morgan fingerprint density at radius 3 is 2.33 bits per heavy atom. The molecule has 0 bridgehead atoms. The first-order valence-corrected chi connectivity index (χ1v) is 15.8. The van der Waals surface area contributed by atoms with Crippen LogP contribution in [0.3, 0.4) is 0 Å². The van der Waals surface area contributed by atoms with Crippen molar-refractivity contribution < 1.29 is 19.0 Å². The van der Waals surface area contributed by atoms with Gasteiger partial charge in [0.05, 0.1) is 24.8 Å². The Bertz CT molecular complexity index is 1600. The van der Waals surface area contributed by atoms with Crippen LogP contribution in [-0.4, -0.2) is 63.5 Å². The molecule has 4 aromatic rings. The van der Waals surface area contributed by atoms with Crippen LogP contribution in [0.25, 0.3) is 11.0 Å². The number of para-hydroxylation sites is 1. The number of unbranched alkanes of at least 4 members (excludes halogenated alkanes) is 3. The van der Waals surface area contributed by atoms with Gasteiger partial charge >= 0.3 is 5.69 Å². The lowest BCUT2D eigenvalue weighted by Crippen LogP contribution is -2.31. The quantitative estimate of drug-likeness (QED) is 0.0599. The average Bonchev–Trinajstić information content (AvgIpc) is 3.56. The van der Waals surface area contributed by atoms with Crippen molar-refractivity contribution in [1.29, 1.82) is 0 Å². The number of hydrogen-bond acceptors (Lipinski definition) is 14. The summed E-state index contributed by atoms with van der Waals surface area (Å²) in [5.41, 5.74) is 1.97. The molecule has 246 valence electrons. The van der Waals surface area contributed by atoms with Gasteiger partial charge in [-0.05, 0) is 54.0 Å². The van der Waals surface area contributed by atoms with E-state index in [0.717, 1.165) is 37.7 Å². The normalized spacial score (nSPS) is 16.2. The number of nitro benzene ring substituents is 1. The molecule has 0 radical (unpaired) electrons. The van der Waals surface area contributed by atoms with Gasteiger partial charge in [-0.25, -0.2) is 4.63 Å². The molecule has 0 saturated heterocycles. The summed E-state index contributed by atoms with van der Waals surface area (Å²) in [7, 11) is 3.25. The second-order valence-corrected chi connectivity index (χ2v) is 11.4. The number of nitrogens with one attached hydrogen (secondary N) is 4. The van der Waals surface area contributed by atoms with Crippen LogP contribution in [0.4, 0.5) is 29.2 Å². The van der Waals surface area contributed by atoms with Gasteiger partial charge in [-0.1, -0.05) is 44.7 Å². The number of benzene rings is 2. The van der Waals surface area contributed by atoms with Crippen LogP contribution < -0.4 is 30.7 Å². The number of fused-ring (bicyclic) bond motifs is 1. The summed E-state index contributed by atoms with van der Waals surface area (Å²) < 4.78 is 15.8. The molecular formula is C31H42N10O5. The third-order valence-electron chi connectivity index (χ3n) is 8.28. The van der Waals surface area contributed by atoms with E-state index >= 15 is 0 Å². The molecule has 1 aliphatic rings. The number of anilines is 4. The van der Waals surface area contributed by atoms with Crippen molar-refractivity contribution in [3.63, 3.8) is 0 Å². The second kappa shape index (κ2) is 15.9. The highest BCUT2D eigenvalue weighted by molar-refractivity contribution is 5.93. The molecule has 2 aromatic carbocycles. The van der Waals surface area contributed by atoms with Gasteiger partial charge in [0.25, 0.3) is 0 Å². The van der Waals surface area contributed by atoms with Crippen molar-refractivity contribution in [3.05, 3.63) is 46.0 Å². The third-order valence-corrected chi connectivity index (χ3v) is 8.28. The molecule has 2 heterocycles. The second-order valence-electron chi connectivity index (χ2n) is 11.4. The third kappa shape index (κ3) is 8.20. The lowest BCUT2D eigenvalue weighted by molar-refractivity contribution is -0.383. The number of ether oxygens (including phenoxy) is 2. The smallest absolute Gasteiger partial charge is 0.300 e. The molecule has 4 N–H and O–H groups in total. The number of non-ortho nitro benzene ring substituents is 1. The number of rotatable bonds is 17. The molecule has 0 spiro atoms. The molecule has 0 amide bonds. The number of hydrogen-bond donors (Lipinski definition) is 4. The van der Waals surface area contributed by atoms with Crippen molar-refractivity contribution in [2.45, 2.75) is 70.9 Å². The lowest BCUT2D eigenvalue weighted by Gasteiger charge is -2.29. The van der Waals surface area contributed by atoms with E-state index in [9.17, 15) is 10.1 Å². The summed E-state index contributed by atoms with van der Waals surface area (Å²) in [5, 5.41) is 32.3. The highest BCUT2D eigenvalue weighted by Crippen LogP contribution is 2.32. The van der Waals surface area contributed by atoms with Gasteiger partial charge in [-0.2, -0.15) is 15.0 Å². The van der Waals surface area contributed by atoms with Gasteiger partial charge in [0.2, 0.25) is 23.4 Å². The number of nitrogens with zero attached hydrogens (tertiary/aromatic N) is 6. The monoisotopic (exact) mass is 634 g/mol. The maximum atomic E-state index is 11.2. The van der Waals surface area contributed by atoms with E-state index in [1.165, 1.54) is 25.3 Å².